The zero-order valence-corrected chi connectivity index (χ0v) is 13.0. The molecule has 0 spiro atoms. The maximum absolute atomic E-state index is 6.03. The molecule has 0 heterocycles. The van der Waals surface area contributed by atoms with Gasteiger partial charge in [-0.25, -0.2) is 0 Å². The van der Waals surface area contributed by atoms with E-state index in [4.69, 9.17) is 10.5 Å². The van der Waals surface area contributed by atoms with Gasteiger partial charge in [0, 0.05) is 5.69 Å². The Morgan fingerprint density at radius 1 is 1.11 bits per heavy atom. The molecule has 0 atom stereocenters. The van der Waals surface area contributed by atoms with Gasteiger partial charge in [0.25, 0.3) is 0 Å². The van der Waals surface area contributed by atoms with Crippen LogP contribution in [0, 0.1) is 6.92 Å². The van der Waals surface area contributed by atoms with Crippen LogP contribution in [0.2, 0.25) is 0 Å². The van der Waals surface area contributed by atoms with E-state index in [-0.39, 0.29) is 0 Å². The van der Waals surface area contributed by atoms with Crippen LogP contribution >= 0.6 is 15.9 Å². The van der Waals surface area contributed by atoms with Crippen molar-refractivity contribution in [2.45, 2.75) is 26.7 Å². The largest absolute Gasteiger partial charge is 0.456 e. The van der Waals surface area contributed by atoms with Crippen molar-refractivity contribution < 1.29 is 4.74 Å². The number of aryl methyl sites for hydroxylation is 1. The number of ether oxygens (including phenoxy) is 1. The molecule has 2 nitrogen and oxygen atoms in total. The lowest BCUT2D eigenvalue weighted by atomic mass is 10.0. The molecule has 100 valence electrons. The normalized spacial score (nSPS) is 10.8. The zero-order chi connectivity index (χ0) is 14.0. The average molecular weight is 320 g/mol. The summed E-state index contributed by atoms with van der Waals surface area (Å²) in [6, 6.07) is 11.9. The third kappa shape index (κ3) is 3.10. The van der Waals surface area contributed by atoms with Gasteiger partial charge in [-0.2, -0.15) is 0 Å². The number of nitrogens with two attached hydrogens (primary N) is 1. The summed E-state index contributed by atoms with van der Waals surface area (Å²) in [6.07, 6.45) is 0. The van der Waals surface area contributed by atoms with Crippen LogP contribution < -0.4 is 10.5 Å². The highest BCUT2D eigenvalue weighted by molar-refractivity contribution is 9.10. The average Bonchev–Trinajstić information content (AvgIpc) is 2.36. The molecule has 2 N–H and O–H groups in total. The molecule has 0 saturated carbocycles. The summed E-state index contributed by atoms with van der Waals surface area (Å²) < 4.78 is 6.90. The molecule has 2 aromatic rings. The Bertz CT molecular complexity index is 593. The first-order valence-electron chi connectivity index (χ1n) is 6.31. The van der Waals surface area contributed by atoms with Gasteiger partial charge in [0.2, 0.25) is 0 Å². The molecule has 0 aliphatic heterocycles. The van der Waals surface area contributed by atoms with Crippen LogP contribution in [0.15, 0.2) is 40.9 Å². The first kappa shape index (κ1) is 13.9. The van der Waals surface area contributed by atoms with Crippen LogP contribution in [0.4, 0.5) is 5.69 Å². The molecule has 19 heavy (non-hydrogen) atoms. The molecular weight excluding hydrogens is 302 g/mol. The Labute approximate surface area is 122 Å². The lowest BCUT2D eigenvalue weighted by Crippen LogP contribution is -1.96. The minimum atomic E-state index is 0.421. The minimum absolute atomic E-state index is 0.421. The van der Waals surface area contributed by atoms with E-state index in [1.807, 2.05) is 37.3 Å². The van der Waals surface area contributed by atoms with Gasteiger partial charge in [0.15, 0.2) is 0 Å². The van der Waals surface area contributed by atoms with E-state index in [9.17, 15) is 0 Å². The van der Waals surface area contributed by atoms with Crippen LogP contribution in [0.25, 0.3) is 0 Å². The number of halogens is 1. The number of rotatable bonds is 3. The maximum atomic E-state index is 6.03. The van der Waals surface area contributed by atoms with Gasteiger partial charge in [0.05, 0.1) is 4.47 Å². The van der Waals surface area contributed by atoms with Crippen molar-refractivity contribution in [3.8, 4) is 11.5 Å². The Morgan fingerprint density at radius 2 is 1.79 bits per heavy atom. The molecule has 0 bridgehead atoms. The van der Waals surface area contributed by atoms with Gasteiger partial charge in [-0.1, -0.05) is 32.0 Å². The first-order valence-corrected chi connectivity index (χ1v) is 7.10. The summed E-state index contributed by atoms with van der Waals surface area (Å²) in [5.41, 5.74) is 8.85. The van der Waals surface area contributed by atoms with Crippen LogP contribution in [0.5, 0.6) is 11.5 Å². The lowest BCUT2D eigenvalue weighted by molar-refractivity contribution is 0.470. The Morgan fingerprint density at radius 3 is 2.47 bits per heavy atom. The van der Waals surface area contributed by atoms with Gasteiger partial charge < -0.3 is 10.5 Å². The highest BCUT2D eigenvalue weighted by Gasteiger charge is 2.11. The second-order valence-electron chi connectivity index (χ2n) is 4.93. The monoisotopic (exact) mass is 319 g/mol. The summed E-state index contributed by atoms with van der Waals surface area (Å²) in [5, 5.41) is 0. The summed E-state index contributed by atoms with van der Waals surface area (Å²) in [5.74, 6) is 2.10. The van der Waals surface area contributed by atoms with Crippen molar-refractivity contribution in [2.75, 3.05) is 5.73 Å². The summed E-state index contributed by atoms with van der Waals surface area (Å²) in [6.45, 7) is 6.29. The Balaban J connectivity index is 2.39. The predicted molar refractivity (Wildman–Crippen MR) is 83.9 cm³/mol. The van der Waals surface area contributed by atoms with Gasteiger partial charge in [-0.15, -0.1) is 0 Å². The van der Waals surface area contributed by atoms with Crippen LogP contribution in [0.3, 0.4) is 0 Å². The van der Waals surface area contributed by atoms with E-state index in [1.165, 1.54) is 5.56 Å². The number of nitrogen functional groups attached to an aromatic ring is 1. The van der Waals surface area contributed by atoms with E-state index in [1.54, 1.807) is 0 Å². The number of anilines is 1. The van der Waals surface area contributed by atoms with Crippen molar-refractivity contribution in [1.82, 2.24) is 0 Å². The zero-order valence-electron chi connectivity index (χ0n) is 11.4. The van der Waals surface area contributed by atoms with Crippen molar-refractivity contribution in [1.29, 1.82) is 0 Å². The second-order valence-corrected chi connectivity index (χ2v) is 5.79. The fraction of sp³-hybridized carbons (Fsp3) is 0.250. The van der Waals surface area contributed by atoms with Gasteiger partial charge in [-0.3, -0.25) is 0 Å². The number of hydrogen-bond donors (Lipinski definition) is 1. The van der Waals surface area contributed by atoms with Crippen molar-refractivity contribution in [2.24, 2.45) is 0 Å². The highest BCUT2D eigenvalue weighted by Crippen LogP contribution is 2.36. The molecule has 3 heteroatoms. The summed E-state index contributed by atoms with van der Waals surface area (Å²) in [4.78, 5) is 0. The van der Waals surface area contributed by atoms with Gasteiger partial charge in [0.1, 0.15) is 11.5 Å². The fourth-order valence-corrected chi connectivity index (χ4v) is 2.36. The fourth-order valence-electron chi connectivity index (χ4n) is 1.92. The molecule has 0 unspecified atom stereocenters. The lowest BCUT2D eigenvalue weighted by Gasteiger charge is -2.15. The van der Waals surface area contributed by atoms with Crippen molar-refractivity contribution >= 4 is 21.6 Å². The molecular formula is C16H18BrNO. The van der Waals surface area contributed by atoms with E-state index in [0.717, 1.165) is 27.2 Å². The maximum Gasteiger partial charge on any atom is 0.142 e. The SMILES string of the molecule is Cc1cc(Oc2ccccc2C(C)C)c(Br)cc1N. The summed E-state index contributed by atoms with van der Waals surface area (Å²) >= 11 is 3.50. The molecule has 0 aliphatic rings. The highest BCUT2D eigenvalue weighted by atomic mass is 79.9. The Hall–Kier alpha value is -1.48. The minimum Gasteiger partial charge on any atom is -0.456 e. The molecule has 0 amide bonds. The second kappa shape index (κ2) is 5.66. The topological polar surface area (TPSA) is 35.2 Å². The molecule has 0 fully saturated rings. The van der Waals surface area contributed by atoms with E-state index >= 15 is 0 Å². The smallest absolute Gasteiger partial charge is 0.142 e. The number of para-hydroxylation sites is 1. The molecule has 2 aromatic carbocycles. The first-order chi connectivity index (χ1) is 8.99. The molecule has 0 radical (unpaired) electrons. The summed E-state index contributed by atoms with van der Waals surface area (Å²) in [7, 11) is 0. The van der Waals surface area contributed by atoms with Gasteiger partial charge in [-0.05, 0) is 58.1 Å². The molecule has 0 aliphatic carbocycles. The predicted octanol–water partition coefficient (Wildman–Crippen LogP) is 5.26. The molecule has 2 rings (SSSR count). The van der Waals surface area contributed by atoms with Crippen LogP contribution in [-0.4, -0.2) is 0 Å². The Kier molecular flexibility index (Phi) is 4.15. The third-order valence-electron chi connectivity index (χ3n) is 3.08. The third-order valence-corrected chi connectivity index (χ3v) is 3.70. The molecule has 0 saturated heterocycles. The van der Waals surface area contributed by atoms with E-state index in [2.05, 4.69) is 35.8 Å². The number of benzene rings is 2. The van der Waals surface area contributed by atoms with E-state index in [0.29, 0.717) is 5.92 Å². The quantitative estimate of drug-likeness (QED) is 0.783. The molecule has 0 aromatic heterocycles. The van der Waals surface area contributed by atoms with Crippen molar-refractivity contribution in [3.05, 3.63) is 52.0 Å². The van der Waals surface area contributed by atoms with Crippen molar-refractivity contribution in [3.63, 3.8) is 0 Å². The van der Waals surface area contributed by atoms with Crippen LogP contribution in [-0.2, 0) is 0 Å². The standard InChI is InChI=1S/C16H18BrNO/c1-10(2)12-6-4-5-7-15(12)19-16-8-11(3)14(18)9-13(16)17/h4-10H,18H2,1-3H3. The van der Waals surface area contributed by atoms with E-state index < -0.39 is 0 Å². The van der Waals surface area contributed by atoms with Crippen LogP contribution in [0.1, 0.15) is 30.9 Å². The number of hydrogen-bond acceptors (Lipinski definition) is 2. The van der Waals surface area contributed by atoms with Gasteiger partial charge >= 0.3 is 0 Å².